The number of nitrogens with one attached hydrogen (secondary N) is 2. The SMILES string of the molecule is CC(C)C(NCCCc1ccc(Cl)c(C(=O)NCC23CC4CC(CC(C4)C2)C3)c1)C(C)O. The number of benzene rings is 1. The normalized spacial score (nSPS) is 30.5. The van der Waals surface area contributed by atoms with Crippen LogP contribution in [0.4, 0.5) is 0 Å². The smallest absolute Gasteiger partial charge is 0.252 e. The monoisotopic (exact) mass is 460 g/mol. The number of aliphatic hydroxyl groups is 1. The van der Waals surface area contributed by atoms with Gasteiger partial charge in [-0.1, -0.05) is 31.5 Å². The topological polar surface area (TPSA) is 61.4 Å². The van der Waals surface area contributed by atoms with Crippen molar-refractivity contribution in [3.05, 3.63) is 34.3 Å². The van der Waals surface area contributed by atoms with Gasteiger partial charge in [0.05, 0.1) is 16.7 Å². The summed E-state index contributed by atoms with van der Waals surface area (Å²) in [4.78, 5) is 13.0. The van der Waals surface area contributed by atoms with E-state index in [4.69, 9.17) is 11.6 Å². The third-order valence-electron chi connectivity index (χ3n) is 8.32. The molecule has 32 heavy (non-hydrogen) atoms. The lowest BCUT2D eigenvalue weighted by molar-refractivity contribution is -0.0503. The molecule has 4 nitrogen and oxygen atoms in total. The second-order valence-corrected chi connectivity index (χ2v) is 11.9. The van der Waals surface area contributed by atoms with Gasteiger partial charge in [-0.3, -0.25) is 4.79 Å². The van der Waals surface area contributed by atoms with E-state index < -0.39 is 0 Å². The maximum absolute atomic E-state index is 13.0. The van der Waals surface area contributed by atoms with Gasteiger partial charge < -0.3 is 15.7 Å². The number of carbonyl (C=O) groups excluding carboxylic acids is 1. The van der Waals surface area contributed by atoms with Crippen molar-refractivity contribution in [2.75, 3.05) is 13.1 Å². The summed E-state index contributed by atoms with van der Waals surface area (Å²) in [5.41, 5.74) is 2.07. The van der Waals surface area contributed by atoms with E-state index in [0.29, 0.717) is 21.9 Å². The maximum Gasteiger partial charge on any atom is 0.252 e. The molecule has 0 radical (unpaired) electrons. The van der Waals surface area contributed by atoms with Crippen LogP contribution >= 0.6 is 11.6 Å². The van der Waals surface area contributed by atoms with Crippen LogP contribution in [0.25, 0.3) is 0 Å². The molecule has 1 aromatic carbocycles. The Morgan fingerprint density at radius 3 is 2.31 bits per heavy atom. The summed E-state index contributed by atoms with van der Waals surface area (Å²) in [7, 11) is 0. The van der Waals surface area contributed by atoms with Crippen LogP contribution in [0.3, 0.4) is 0 Å². The van der Waals surface area contributed by atoms with E-state index in [-0.39, 0.29) is 18.1 Å². The Hall–Kier alpha value is -1.10. The van der Waals surface area contributed by atoms with Gasteiger partial charge in [0.2, 0.25) is 0 Å². The van der Waals surface area contributed by atoms with Gasteiger partial charge in [0, 0.05) is 12.6 Å². The molecule has 1 amide bonds. The molecule has 2 unspecified atom stereocenters. The molecule has 0 spiro atoms. The number of carbonyl (C=O) groups is 1. The standard InChI is InChI=1S/C27H41ClN2O2/c1-17(2)25(18(3)31)29-8-4-5-19-6-7-24(28)23(12-19)26(32)30-16-27-13-20-9-21(14-27)11-22(10-20)15-27/h6-7,12,17-18,20-22,25,29,31H,4-5,8-11,13-16H2,1-3H3,(H,30,32). The van der Waals surface area contributed by atoms with Crippen LogP contribution in [-0.4, -0.2) is 36.2 Å². The summed E-state index contributed by atoms with van der Waals surface area (Å²) in [5.74, 6) is 3.03. The van der Waals surface area contributed by atoms with Crippen molar-refractivity contribution >= 4 is 17.5 Å². The molecular formula is C27H41ClN2O2. The molecule has 0 aliphatic heterocycles. The average Bonchev–Trinajstić information content (AvgIpc) is 2.71. The van der Waals surface area contributed by atoms with Crippen LogP contribution < -0.4 is 10.6 Å². The van der Waals surface area contributed by atoms with E-state index in [1.54, 1.807) is 0 Å². The molecule has 4 fully saturated rings. The lowest BCUT2D eigenvalue weighted by atomic mass is 9.49. The summed E-state index contributed by atoms with van der Waals surface area (Å²) >= 11 is 6.42. The molecule has 0 heterocycles. The highest BCUT2D eigenvalue weighted by Crippen LogP contribution is 2.59. The molecule has 3 N–H and O–H groups in total. The fourth-order valence-electron chi connectivity index (χ4n) is 7.30. The van der Waals surface area contributed by atoms with E-state index in [1.807, 2.05) is 25.1 Å². The zero-order valence-electron chi connectivity index (χ0n) is 20.0. The van der Waals surface area contributed by atoms with Crippen LogP contribution in [-0.2, 0) is 6.42 Å². The predicted octanol–water partition coefficient (Wildman–Crippen LogP) is 5.21. The highest BCUT2D eigenvalue weighted by atomic mass is 35.5. The maximum atomic E-state index is 13.0. The third-order valence-corrected chi connectivity index (χ3v) is 8.65. The first-order chi connectivity index (χ1) is 15.2. The van der Waals surface area contributed by atoms with Gasteiger partial charge in [-0.25, -0.2) is 0 Å². The van der Waals surface area contributed by atoms with Crippen molar-refractivity contribution in [2.24, 2.45) is 29.1 Å². The van der Waals surface area contributed by atoms with E-state index in [0.717, 1.165) is 49.2 Å². The van der Waals surface area contributed by atoms with E-state index in [2.05, 4.69) is 24.5 Å². The van der Waals surface area contributed by atoms with Gasteiger partial charge in [-0.2, -0.15) is 0 Å². The van der Waals surface area contributed by atoms with Crippen LogP contribution in [0.1, 0.15) is 81.6 Å². The summed E-state index contributed by atoms with van der Waals surface area (Å²) in [6.45, 7) is 7.72. The molecular weight excluding hydrogens is 420 g/mol. The van der Waals surface area contributed by atoms with Crippen molar-refractivity contribution in [3.8, 4) is 0 Å². The molecule has 5 rings (SSSR count). The number of aryl methyl sites for hydroxylation is 1. The zero-order chi connectivity index (χ0) is 22.9. The Labute approximate surface area is 198 Å². The first-order valence-electron chi connectivity index (χ1n) is 12.7. The molecule has 178 valence electrons. The quantitative estimate of drug-likeness (QED) is 0.420. The van der Waals surface area contributed by atoms with E-state index >= 15 is 0 Å². The minimum Gasteiger partial charge on any atom is -0.392 e. The van der Waals surface area contributed by atoms with Crippen molar-refractivity contribution < 1.29 is 9.90 Å². The molecule has 5 heteroatoms. The summed E-state index contributed by atoms with van der Waals surface area (Å²) in [5, 5.41) is 17.2. The molecule has 2 atom stereocenters. The Morgan fingerprint density at radius 1 is 1.12 bits per heavy atom. The van der Waals surface area contributed by atoms with Crippen molar-refractivity contribution in [2.45, 2.75) is 84.3 Å². The first kappa shape index (κ1) is 24.0. The molecule has 0 aromatic heterocycles. The van der Waals surface area contributed by atoms with Crippen molar-refractivity contribution in [1.29, 1.82) is 0 Å². The lowest BCUT2D eigenvalue weighted by Crippen LogP contribution is -2.51. The predicted molar refractivity (Wildman–Crippen MR) is 131 cm³/mol. The number of hydrogen-bond acceptors (Lipinski definition) is 3. The lowest BCUT2D eigenvalue weighted by Gasteiger charge is -2.56. The second-order valence-electron chi connectivity index (χ2n) is 11.5. The van der Waals surface area contributed by atoms with Crippen LogP contribution in [0, 0.1) is 29.1 Å². The molecule has 4 bridgehead atoms. The number of hydrogen-bond donors (Lipinski definition) is 3. The van der Waals surface area contributed by atoms with Crippen LogP contribution in [0.2, 0.25) is 5.02 Å². The van der Waals surface area contributed by atoms with Gasteiger partial charge in [0.15, 0.2) is 0 Å². The van der Waals surface area contributed by atoms with Crippen LogP contribution in [0.15, 0.2) is 18.2 Å². The Kier molecular flexibility index (Phi) is 7.53. The first-order valence-corrected chi connectivity index (χ1v) is 13.1. The minimum absolute atomic E-state index is 0.0281. The summed E-state index contributed by atoms with van der Waals surface area (Å²) in [6, 6.07) is 5.95. The van der Waals surface area contributed by atoms with Crippen molar-refractivity contribution in [3.63, 3.8) is 0 Å². The van der Waals surface area contributed by atoms with E-state index in [1.165, 1.54) is 38.5 Å². The number of halogens is 1. The Balaban J connectivity index is 1.30. The molecule has 4 saturated carbocycles. The minimum atomic E-state index is -0.366. The molecule has 0 saturated heterocycles. The fraction of sp³-hybridized carbons (Fsp3) is 0.741. The molecule has 1 aromatic rings. The average molecular weight is 461 g/mol. The van der Waals surface area contributed by atoms with Gasteiger partial charge in [-0.15, -0.1) is 0 Å². The van der Waals surface area contributed by atoms with Crippen LogP contribution in [0.5, 0.6) is 0 Å². The Morgan fingerprint density at radius 2 is 1.75 bits per heavy atom. The van der Waals surface area contributed by atoms with Gasteiger partial charge >= 0.3 is 0 Å². The molecule has 4 aliphatic rings. The molecule has 4 aliphatic carbocycles. The summed E-state index contributed by atoms with van der Waals surface area (Å²) < 4.78 is 0. The number of aliphatic hydroxyl groups excluding tert-OH is 1. The second kappa shape index (κ2) is 10.0. The highest BCUT2D eigenvalue weighted by Gasteiger charge is 2.50. The fourth-order valence-corrected chi connectivity index (χ4v) is 7.50. The van der Waals surface area contributed by atoms with Gasteiger partial charge in [0.1, 0.15) is 0 Å². The van der Waals surface area contributed by atoms with Gasteiger partial charge in [-0.05, 0) is 112 Å². The van der Waals surface area contributed by atoms with E-state index in [9.17, 15) is 9.90 Å². The zero-order valence-corrected chi connectivity index (χ0v) is 20.8. The number of rotatable bonds is 10. The van der Waals surface area contributed by atoms with Crippen molar-refractivity contribution in [1.82, 2.24) is 10.6 Å². The third kappa shape index (κ3) is 5.51. The number of amides is 1. The largest absolute Gasteiger partial charge is 0.392 e. The Bertz CT molecular complexity index is 764. The summed E-state index contributed by atoms with van der Waals surface area (Å²) in [6.07, 6.45) is 9.62. The highest BCUT2D eigenvalue weighted by molar-refractivity contribution is 6.33. The van der Waals surface area contributed by atoms with Gasteiger partial charge in [0.25, 0.3) is 5.91 Å².